The second-order valence-electron chi connectivity index (χ2n) is 3.68. The van der Waals surface area contributed by atoms with E-state index in [9.17, 15) is 0 Å². The molecule has 1 aliphatic heterocycles. The molecule has 2 aromatic rings. The number of ether oxygens (including phenoxy) is 1. The third kappa shape index (κ3) is 1.77. The maximum absolute atomic E-state index is 5.88. The lowest BCUT2D eigenvalue weighted by Gasteiger charge is -2.20. The zero-order chi connectivity index (χ0) is 11.0. The Morgan fingerprint density at radius 3 is 3.25 bits per heavy atom. The number of rotatable bonds is 1. The number of hydrogen-bond donors (Lipinski definition) is 1. The monoisotopic (exact) mass is 238 g/mol. The van der Waals surface area contributed by atoms with E-state index in [0.29, 0.717) is 17.5 Å². The molecule has 1 saturated heterocycles. The van der Waals surface area contributed by atoms with Gasteiger partial charge in [0, 0.05) is 19.3 Å². The molecular formula is C10H11ClN4O. The van der Waals surface area contributed by atoms with Crippen LogP contribution in [0.5, 0.6) is 0 Å². The lowest BCUT2D eigenvalue weighted by Crippen LogP contribution is -2.33. The van der Waals surface area contributed by atoms with Crippen LogP contribution < -0.4 is 5.32 Å². The highest BCUT2D eigenvalue weighted by Gasteiger charge is 2.20. The zero-order valence-electron chi connectivity index (χ0n) is 8.56. The average molecular weight is 239 g/mol. The molecule has 0 aromatic carbocycles. The van der Waals surface area contributed by atoms with Gasteiger partial charge in [0.25, 0.3) is 0 Å². The first-order valence-electron chi connectivity index (χ1n) is 5.17. The van der Waals surface area contributed by atoms with Gasteiger partial charge < -0.3 is 10.1 Å². The highest BCUT2D eigenvalue weighted by Crippen LogP contribution is 2.17. The van der Waals surface area contributed by atoms with Crippen LogP contribution in [0.2, 0.25) is 5.02 Å². The summed E-state index contributed by atoms with van der Waals surface area (Å²) in [6.07, 6.45) is 1.68. The van der Waals surface area contributed by atoms with Crippen molar-refractivity contribution in [1.82, 2.24) is 19.9 Å². The third-order valence-electron chi connectivity index (χ3n) is 2.53. The fourth-order valence-corrected chi connectivity index (χ4v) is 1.90. The molecule has 2 aromatic heterocycles. The van der Waals surface area contributed by atoms with Crippen LogP contribution >= 0.6 is 11.6 Å². The molecule has 16 heavy (non-hydrogen) atoms. The molecule has 5 nitrogen and oxygen atoms in total. The van der Waals surface area contributed by atoms with Crippen LogP contribution in [-0.4, -0.2) is 34.3 Å². The molecule has 1 aliphatic rings. The molecule has 0 radical (unpaired) electrons. The van der Waals surface area contributed by atoms with E-state index in [-0.39, 0.29) is 6.10 Å². The van der Waals surface area contributed by atoms with E-state index < -0.39 is 0 Å². The summed E-state index contributed by atoms with van der Waals surface area (Å²) in [7, 11) is 0. The van der Waals surface area contributed by atoms with Crippen LogP contribution in [0.15, 0.2) is 18.3 Å². The number of hydrogen-bond acceptors (Lipinski definition) is 4. The highest BCUT2D eigenvalue weighted by atomic mass is 35.5. The predicted octanol–water partition coefficient (Wildman–Crippen LogP) is 1.04. The van der Waals surface area contributed by atoms with Gasteiger partial charge in [0.2, 0.25) is 0 Å². The van der Waals surface area contributed by atoms with Crippen molar-refractivity contribution in [3.63, 3.8) is 0 Å². The molecule has 3 rings (SSSR count). The SMILES string of the molecule is Clc1ccc2nc(C3CNCCO3)nn2c1. The lowest BCUT2D eigenvalue weighted by molar-refractivity contribution is 0.0223. The van der Waals surface area contributed by atoms with Gasteiger partial charge in [-0.1, -0.05) is 11.6 Å². The summed E-state index contributed by atoms with van der Waals surface area (Å²) >= 11 is 5.88. The molecule has 1 unspecified atom stereocenters. The van der Waals surface area contributed by atoms with E-state index in [2.05, 4.69) is 15.4 Å². The molecule has 84 valence electrons. The second-order valence-corrected chi connectivity index (χ2v) is 4.12. The molecule has 0 bridgehead atoms. The Bertz CT molecular complexity index is 506. The van der Waals surface area contributed by atoms with E-state index in [1.165, 1.54) is 0 Å². The Kier molecular flexibility index (Phi) is 2.51. The number of halogens is 1. The number of aromatic nitrogens is 3. The summed E-state index contributed by atoms with van der Waals surface area (Å²) in [6, 6.07) is 3.64. The molecule has 0 spiro atoms. The number of pyridine rings is 1. The number of nitrogens with zero attached hydrogens (tertiary/aromatic N) is 3. The molecule has 1 fully saturated rings. The van der Waals surface area contributed by atoms with E-state index in [1.54, 1.807) is 16.8 Å². The smallest absolute Gasteiger partial charge is 0.181 e. The van der Waals surface area contributed by atoms with Crippen molar-refractivity contribution in [3.05, 3.63) is 29.2 Å². The molecule has 6 heteroatoms. The van der Waals surface area contributed by atoms with Gasteiger partial charge in [-0.3, -0.25) is 0 Å². The standard InChI is InChI=1S/C10H11ClN4O/c11-7-1-2-9-13-10(14-15(9)6-7)8-5-12-3-4-16-8/h1-2,6,8,12H,3-5H2. The summed E-state index contributed by atoms with van der Waals surface area (Å²) < 4.78 is 7.27. The van der Waals surface area contributed by atoms with E-state index in [4.69, 9.17) is 16.3 Å². The fraction of sp³-hybridized carbons (Fsp3) is 0.400. The van der Waals surface area contributed by atoms with Crippen molar-refractivity contribution in [2.45, 2.75) is 6.10 Å². The molecule has 3 heterocycles. The first-order valence-corrected chi connectivity index (χ1v) is 5.55. The fourth-order valence-electron chi connectivity index (χ4n) is 1.74. The topological polar surface area (TPSA) is 51.5 Å². The van der Waals surface area contributed by atoms with Gasteiger partial charge in [-0.05, 0) is 12.1 Å². The van der Waals surface area contributed by atoms with Crippen molar-refractivity contribution in [1.29, 1.82) is 0 Å². The van der Waals surface area contributed by atoms with E-state index in [1.807, 2.05) is 6.07 Å². The minimum absolute atomic E-state index is 0.0626. The summed E-state index contributed by atoms with van der Waals surface area (Å²) in [5.74, 6) is 0.703. The van der Waals surface area contributed by atoms with Crippen molar-refractivity contribution in [2.75, 3.05) is 19.7 Å². The van der Waals surface area contributed by atoms with Crippen molar-refractivity contribution >= 4 is 17.2 Å². The van der Waals surface area contributed by atoms with Crippen LogP contribution in [0.1, 0.15) is 11.9 Å². The van der Waals surface area contributed by atoms with Gasteiger partial charge in [0.15, 0.2) is 11.5 Å². The van der Waals surface area contributed by atoms with Crippen molar-refractivity contribution in [2.24, 2.45) is 0 Å². The molecule has 1 N–H and O–H groups in total. The van der Waals surface area contributed by atoms with Crippen LogP contribution in [0, 0.1) is 0 Å². The largest absolute Gasteiger partial charge is 0.367 e. The molecule has 0 aliphatic carbocycles. The summed E-state index contributed by atoms with van der Waals surface area (Å²) in [6.45, 7) is 2.33. The van der Waals surface area contributed by atoms with Gasteiger partial charge in [-0.15, -0.1) is 5.10 Å². The molecule has 1 atom stereocenters. The Labute approximate surface area is 97.4 Å². The Morgan fingerprint density at radius 2 is 2.44 bits per heavy atom. The van der Waals surface area contributed by atoms with Crippen LogP contribution in [0.4, 0.5) is 0 Å². The Morgan fingerprint density at radius 1 is 1.50 bits per heavy atom. The Hall–Kier alpha value is -1.17. The second kappa shape index (κ2) is 4.01. The maximum atomic E-state index is 5.88. The van der Waals surface area contributed by atoms with Gasteiger partial charge in [0.05, 0.1) is 11.6 Å². The number of nitrogens with one attached hydrogen (secondary N) is 1. The number of morpholine rings is 1. The maximum Gasteiger partial charge on any atom is 0.181 e. The van der Waals surface area contributed by atoms with E-state index in [0.717, 1.165) is 18.7 Å². The van der Waals surface area contributed by atoms with Crippen molar-refractivity contribution in [3.8, 4) is 0 Å². The molecular weight excluding hydrogens is 228 g/mol. The van der Waals surface area contributed by atoms with Gasteiger partial charge in [-0.2, -0.15) is 0 Å². The van der Waals surface area contributed by atoms with Gasteiger partial charge in [-0.25, -0.2) is 9.50 Å². The molecule has 0 amide bonds. The zero-order valence-corrected chi connectivity index (χ0v) is 9.31. The summed E-state index contributed by atoms with van der Waals surface area (Å²) in [5.41, 5.74) is 0.786. The summed E-state index contributed by atoms with van der Waals surface area (Å²) in [4.78, 5) is 4.41. The minimum atomic E-state index is -0.0626. The van der Waals surface area contributed by atoms with Crippen LogP contribution in [-0.2, 0) is 4.74 Å². The first kappa shape index (κ1) is 10.0. The minimum Gasteiger partial charge on any atom is -0.367 e. The number of fused-ring (bicyclic) bond motifs is 1. The quantitative estimate of drug-likeness (QED) is 0.807. The third-order valence-corrected chi connectivity index (χ3v) is 2.75. The normalized spacial score (nSPS) is 21.4. The average Bonchev–Trinajstić information content (AvgIpc) is 2.73. The first-order chi connectivity index (χ1) is 7.83. The van der Waals surface area contributed by atoms with Crippen molar-refractivity contribution < 1.29 is 4.74 Å². The Balaban J connectivity index is 1.97. The summed E-state index contributed by atoms with van der Waals surface area (Å²) in [5, 5.41) is 8.25. The van der Waals surface area contributed by atoms with Crippen LogP contribution in [0.3, 0.4) is 0 Å². The molecule has 0 saturated carbocycles. The van der Waals surface area contributed by atoms with Gasteiger partial charge in [0.1, 0.15) is 6.10 Å². The van der Waals surface area contributed by atoms with E-state index >= 15 is 0 Å². The highest BCUT2D eigenvalue weighted by molar-refractivity contribution is 6.30. The predicted molar refractivity (Wildman–Crippen MR) is 59.6 cm³/mol. The lowest BCUT2D eigenvalue weighted by atomic mass is 10.3. The van der Waals surface area contributed by atoms with Crippen LogP contribution in [0.25, 0.3) is 5.65 Å². The van der Waals surface area contributed by atoms with Gasteiger partial charge >= 0.3 is 0 Å².